The molecule has 0 bridgehead atoms. The average molecular weight is 337 g/mol. The van der Waals surface area contributed by atoms with E-state index in [0.717, 1.165) is 13.0 Å². The highest BCUT2D eigenvalue weighted by Gasteiger charge is 2.28. The van der Waals surface area contributed by atoms with Crippen LogP contribution in [-0.4, -0.2) is 26.8 Å². The standard InChI is InChI=1S/C11H14BrFN2O2S/c12-9-4-1-5-10(13)11(9)15-18(16,17)8-3-2-6-14-7-8/h1,4-5,8,14-15H,2-3,6-7H2. The largest absolute Gasteiger partial charge is 0.315 e. The third-order valence-electron chi connectivity index (χ3n) is 2.90. The molecule has 2 N–H and O–H groups in total. The summed E-state index contributed by atoms with van der Waals surface area (Å²) in [5, 5.41) is 2.52. The third kappa shape index (κ3) is 3.02. The van der Waals surface area contributed by atoms with Crippen LogP contribution in [0.15, 0.2) is 22.7 Å². The molecule has 0 radical (unpaired) electrons. The first-order chi connectivity index (χ1) is 8.50. The minimum Gasteiger partial charge on any atom is -0.315 e. The van der Waals surface area contributed by atoms with Crippen molar-refractivity contribution in [1.29, 1.82) is 0 Å². The SMILES string of the molecule is O=S(=O)(Nc1c(F)cccc1Br)C1CCCNC1. The van der Waals surface area contributed by atoms with Crippen LogP contribution in [0.3, 0.4) is 0 Å². The number of anilines is 1. The van der Waals surface area contributed by atoms with Crippen LogP contribution in [0.25, 0.3) is 0 Å². The van der Waals surface area contributed by atoms with Gasteiger partial charge in [0.1, 0.15) is 5.82 Å². The summed E-state index contributed by atoms with van der Waals surface area (Å²) in [6, 6.07) is 4.33. The fourth-order valence-corrected chi connectivity index (χ4v) is 3.95. The number of halogens is 2. The Morgan fingerprint density at radius 3 is 2.83 bits per heavy atom. The molecule has 1 atom stereocenters. The Morgan fingerprint density at radius 2 is 2.22 bits per heavy atom. The van der Waals surface area contributed by atoms with Gasteiger partial charge in [-0.15, -0.1) is 0 Å². The summed E-state index contributed by atoms with van der Waals surface area (Å²) in [5.74, 6) is -0.586. The minimum atomic E-state index is -3.56. The highest BCUT2D eigenvalue weighted by atomic mass is 79.9. The Labute approximate surface area is 114 Å². The molecule has 1 aromatic rings. The summed E-state index contributed by atoms with van der Waals surface area (Å²) in [5.41, 5.74) is -0.0249. The van der Waals surface area contributed by atoms with Crippen molar-refractivity contribution in [2.24, 2.45) is 0 Å². The summed E-state index contributed by atoms with van der Waals surface area (Å²) in [6.45, 7) is 1.23. The summed E-state index contributed by atoms with van der Waals surface area (Å²) >= 11 is 3.14. The number of nitrogens with one attached hydrogen (secondary N) is 2. The van der Waals surface area contributed by atoms with E-state index < -0.39 is 21.1 Å². The molecular formula is C11H14BrFN2O2S. The van der Waals surface area contributed by atoms with Crippen LogP contribution in [0.5, 0.6) is 0 Å². The second kappa shape index (κ2) is 5.54. The van der Waals surface area contributed by atoms with E-state index in [4.69, 9.17) is 0 Å². The van der Waals surface area contributed by atoms with Crippen LogP contribution in [0.2, 0.25) is 0 Å². The van der Waals surface area contributed by atoms with E-state index in [0.29, 0.717) is 17.4 Å². The van der Waals surface area contributed by atoms with Crippen LogP contribution in [0, 0.1) is 5.82 Å². The van der Waals surface area contributed by atoms with Gasteiger partial charge in [-0.1, -0.05) is 6.07 Å². The van der Waals surface area contributed by atoms with Crippen molar-refractivity contribution in [2.45, 2.75) is 18.1 Å². The number of benzene rings is 1. The third-order valence-corrected chi connectivity index (χ3v) is 5.33. The monoisotopic (exact) mass is 336 g/mol. The van der Waals surface area contributed by atoms with Gasteiger partial charge in [-0.3, -0.25) is 4.72 Å². The highest BCUT2D eigenvalue weighted by Crippen LogP contribution is 2.27. The Hall–Kier alpha value is -0.660. The van der Waals surface area contributed by atoms with Crippen molar-refractivity contribution in [3.05, 3.63) is 28.5 Å². The number of hydrogen-bond acceptors (Lipinski definition) is 3. The molecule has 0 saturated carbocycles. The molecule has 100 valence electrons. The van der Waals surface area contributed by atoms with Gasteiger partial charge in [0.15, 0.2) is 0 Å². The molecule has 4 nitrogen and oxygen atoms in total. The van der Waals surface area contributed by atoms with Gasteiger partial charge < -0.3 is 5.32 Å². The maximum Gasteiger partial charge on any atom is 0.237 e. The molecule has 1 aliphatic rings. The van der Waals surface area contributed by atoms with E-state index in [1.807, 2.05) is 0 Å². The van der Waals surface area contributed by atoms with E-state index in [2.05, 4.69) is 26.0 Å². The molecule has 18 heavy (non-hydrogen) atoms. The predicted molar refractivity (Wildman–Crippen MR) is 72.5 cm³/mol. The molecule has 1 fully saturated rings. The lowest BCUT2D eigenvalue weighted by Crippen LogP contribution is -2.41. The van der Waals surface area contributed by atoms with E-state index in [-0.39, 0.29) is 5.69 Å². The van der Waals surface area contributed by atoms with Gasteiger partial charge in [-0.25, -0.2) is 12.8 Å². The Bertz CT molecular complexity index is 510. The number of rotatable bonds is 3. The van der Waals surface area contributed by atoms with Crippen LogP contribution in [0.4, 0.5) is 10.1 Å². The predicted octanol–water partition coefficient (Wildman–Crippen LogP) is 2.08. The molecule has 0 spiro atoms. The second-order valence-electron chi connectivity index (χ2n) is 4.21. The number of hydrogen-bond donors (Lipinski definition) is 2. The quantitative estimate of drug-likeness (QED) is 0.888. The van der Waals surface area contributed by atoms with Crippen molar-refractivity contribution in [1.82, 2.24) is 5.32 Å². The van der Waals surface area contributed by atoms with Crippen molar-refractivity contribution < 1.29 is 12.8 Å². The van der Waals surface area contributed by atoms with Crippen LogP contribution in [0.1, 0.15) is 12.8 Å². The fraction of sp³-hybridized carbons (Fsp3) is 0.455. The molecule has 7 heteroatoms. The summed E-state index contributed by atoms with van der Waals surface area (Å²) in [4.78, 5) is 0. The molecule has 1 aliphatic heterocycles. The Kier molecular flexibility index (Phi) is 4.24. The molecular weight excluding hydrogens is 323 g/mol. The summed E-state index contributed by atoms with van der Waals surface area (Å²) in [6.07, 6.45) is 1.40. The van der Waals surface area contributed by atoms with Gasteiger partial charge in [0.2, 0.25) is 10.0 Å². The van der Waals surface area contributed by atoms with Crippen molar-refractivity contribution >= 4 is 31.6 Å². The topological polar surface area (TPSA) is 58.2 Å². The smallest absolute Gasteiger partial charge is 0.237 e. The highest BCUT2D eigenvalue weighted by molar-refractivity contribution is 9.10. The summed E-state index contributed by atoms with van der Waals surface area (Å²) < 4.78 is 40.5. The van der Waals surface area contributed by atoms with Gasteiger partial charge in [0.25, 0.3) is 0 Å². The molecule has 0 aliphatic carbocycles. The first-order valence-electron chi connectivity index (χ1n) is 5.67. The normalized spacial score (nSPS) is 20.7. The van der Waals surface area contributed by atoms with Gasteiger partial charge >= 0.3 is 0 Å². The molecule has 0 aromatic heterocycles. The fourth-order valence-electron chi connectivity index (χ4n) is 1.91. The van der Waals surface area contributed by atoms with E-state index in [1.165, 1.54) is 12.1 Å². The lowest BCUT2D eigenvalue weighted by Gasteiger charge is -2.23. The maximum atomic E-state index is 13.6. The zero-order valence-corrected chi connectivity index (χ0v) is 12.0. The lowest BCUT2D eigenvalue weighted by atomic mass is 10.2. The molecule has 1 saturated heterocycles. The maximum absolute atomic E-state index is 13.6. The summed E-state index contributed by atoms with van der Waals surface area (Å²) in [7, 11) is -3.56. The van der Waals surface area contributed by atoms with Crippen LogP contribution >= 0.6 is 15.9 Å². The molecule has 1 heterocycles. The molecule has 0 amide bonds. The molecule has 1 aromatic carbocycles. The van der Waals surface area contributed by atoms with E-state index in [1.54, 1.807) is 6.07 Å². The second-order valence-corrected chi connectivity index (χ2v) is 7.03. The van der Waals surface area contributed by atoms with Gasteiger partial charge in [-0.2, -0.15) is 0 Å². The molecule has 1 unspecified atom stereocenters. The van der Waals surface area contributed by atoms with Gasteiger partial charge in [0, 0.05) is 11.0 Å². The minimum absolute atomic E-state index is 0.0249. The van der Waals surface area contributed by atoms with Crippen LogP contribution < -0.4 is 10.0 Å². The van der Waals surface area contributed by atoms with Crippen molar-refractivity contribution in [3.63, 3.8) is 0 Å². The first-order valence-corrected chi connectivity index (χ1v) is 8.01. The van der Waals surface area contributed by atoms with Crippen molar-refractivity contribution in [3.8, 4) is 0 Å². The van der Waals surface area contributed by atoms with Crippen molar-refractivity contribution in [2.75, 3.05) is 17.8 Å². The average Bonchev–Trinajstić information content (AvgIpc) is 2.35. The van der Waals surface area contributed by atoms with E-state index >= 15 is 0 Å². The number of piperidine rings is 1. The number of para-hydroxylation sites is 1. The Balaban J connectivity index is 2.22. The zero-order valence-electron chi connectivity index (χ0n) is 9.62. The molecule has 2 rings (SSSR count). The lowest BCUT2D eigenvalue weighted by molar-refractivity contribution is 0.499. The Morgan fingerprint density at radius 1 is 1.44 bits per heavy atom. The number of sulfonamides is 1. The van der Waals surface area contributed by atoms with Crippen LogP contribution in [-0.2, 0) is 10.0 Å². The van der Waals surface area contributed by atoms with E-state index in [9.17, 15) is 12.8 Å². The zero-order chi connectivity index (χ0) is 13.2. The first kappa shape index (κ1) is 13.8. The van der Waals surface area contributed by atoms with Gasteiger partial charge in [0.05, 0.1) is 10.9 Å². The van der Waals surface area contributed by atoms with Gasteiger partial charge in [-0.05, 0) is 47.4 Å².